The predicted octanol–water partition coefficient (Wildman–Crippen LogP) is 2.96. The maximum atomic E-state index is 12.0. The van der Waals surface area contributed by atoms with Gasteiger partial charge in [0.25, 0.3) is 5.56 Å². The van der Waals surface area contributed by atoms with Crippen molar-refractivity contribution in [2.24, 2.45) is 0 Å². The molecule has 1 aromatic carbocycles. The van der Waals surface area contributed by atoms with Crippen LogP contribution in [0, 0.1) is 6.92 Å². The second-order valence-corrected chi connectivity index (χ2v) is 5.87. The number of hydrogen-bond acceptors (Lipinski definition) is 4. The summed E-state index contributed by atoms with van der Waals surface area (Å²) in [6, 6.07) is 5.98. The normalized spacial score (nSPS) is 11.0. The van der Waals surface area contributed by atoms with E-state index in [-0.39, 0.29) is 10.0 Å². The van der Waals surface area contributed by atoms with Crippen LogP contribution in [0.3, 0.4) is 0 Å². The second-order valence-electron chi connectivity index (χ2n) is 5.08. The van der Waals surface area contributed by atoms with Crippen LogP contribution in [0.2, 0.25) is 10.0 Å². The van der Waals surface area contributed by atoms with E-state index in [0.717, 1.165) is 16.9 Å². The molecule has 5 nitrogen and oxygen atoms in total. The molecular weight excluding hydrogens is 325 g/mol. The summed E-state index contributed by atoms with van der Waals surface area (Å²) in [5, 5.41) is 4.14. The first-order chi connectivity index (χ1) is 10.4. The highest BCUT2D eigenvalue weighted by atomic mass is 35.5. The van der Waals surface area contributed by atoms with E-state index in [9.17, 15) is 4.79 Å². The van der Waals surface area contributed by atoms with Crippen LogP contribution in [-0.4, -0.2) is 28.8 Å². The van der Waals surface area contributed by atoms with Crippen molar-refractivity contribution < 1.29 is 4.74 Å². The molecule has 0 bridgehead atoms. The van der Waals surface area contributed by atoms with Crippen LogP contribution in [0.25, 0.3) is 0 Å². The molecule has 2 aromatic rings. The highest BCUT2D eigenvalue weighted by Crippen LogP contribution is 2.21. The SMILES string of the molecule is COc1ccc(C)cc1CN(C)Cn1ncc(Cl)c(Cl)c1=O. The average molecular weight is 342 g/mol. The lowest BCUT2D eigenvalue weighted by molar-refractivity contribution is 0.236. The Morgan fingerprint density at radius 2 is 2.09 bits per heavy atom. The molecule has 0 aliphatic heterocycles. The van der Waals surface area contributed by atoms with Crippen LogP contribution in [0.4, 0.5) is 0 Å². The monoisotopic (exact) mass is 341 g/mol. The Labute approximate surface area is 139 Å². The van der Waals surface area contributed by atoms with Gasteiger partial charge in [-0.25, -0.2) is 4.68 Å². The summed E-state index contributed by atoms with van der Waals surface area (Å²) in [6.45, 7) is 2.93. The predicted molar refractivity (Wildman–Crippen MR) is 87.7 cm³/mol. The van der Waals surface area contributed by atoms with E-state index in [0.29, 0.717) is 13.2 Å². The van der Waals surface area contributed by atoms with Gasteiger partial charge in [-0.05, 0) is 20.0 Å². The maximum Gasteiger partial charge on any atom is 0.288 e. The van der Waals surface area contributed by atoms with Gasteiger partial charge in [0.15, 0.2) is 0 Å². The maximum absolute atomic E-state index is 12.0. The minimum Gasteiger partial charge on any atom is -0.496 e. The van der Waals surface area contributed by atoms with Crippen LogP contribution in [0.15, 0.2) is 29.2 Å². The van der Waals surface area contributed by atoms with Gasteiger partial charge in [-0.2, -0.15) is 5.10 Å². The first-order valence-electron chi connectivity index (χ1n) is 6.65. The summed E-state index contributed by atoms with van der Waals surface area (Å²) in [4.78, 5) is 13.9. The minimum atomic E-state index is -0.405. The lowest BCUT2D eigenvalue weighted by atomic mass is 10.1. The van der Waals surface area contributed by atoms with E-state index in [1.54, 1.807) is 7.11 Å². The zero-order chi connectivity index (χ0) is 16.3. The number of ether oxygens (including phenoxy) is 1. The summed E-state index contributed by atoms with van der Waals surface area (Å²) >= 11 is 11.6. The van der Waals surface area contributed by atoms with Gasteiger partial charge in [0.1, 0.15) is 10.8 Å². The fourth-order valence-corrected chi connectivity index (χ4v) is 2.42. The molecule has 22 heavy (non-hydrogen) atoms. The smallest absolute Gasteiger partial charge is 0.288 e. The topological polar surface area (TPSA) is 47.4 Å². The Bertz CT molecular complexity index is 731. The van der Waals surface area contributed by atoms with Gasteiger partial charge in [0, 0.05) is 12.1 Å². The van der Waals surface area contributed by atoms with Gasteiger partial charge in [-0.3, -0.25) is 9.69 Å². The molecule has 0 radical (unpaired) electrons. The van der Waals surface area contributed by atoms with Crippen LogP contribution >= 0.6 is 23.2 Å². The Morgan fingerprint density at radius 1 is 1.36 bits per heavy atom. The lowest BCUT2D eigenvalue weighted by Gasteiger charge is -2.19. The number of benzene rings is 1. The van der Waals surface area contributed by atoms with E-state index in [2.05, 4.69) is 11.2 Å². The molecule has 0 saturated carbocycles. The van der Waals surface area contributed by atoms with Crippen molar-refractivity contribution in [3.05, 3.63) is 55.9 Å². The summed E-state index contributed by atoms with van der Waals surface area (Å²) in [5.41, 5.74) is 1.78. The molecule has 118 valence electrons. The third kappa shape index (κ3) is 3.80. The summed E-state index contributed by atoms with van der Waals surface area (Å²) in [5.74, 6) is 0.812. The molecule has 0 fully saturated rings. The van der Waals surface area contributed by atoms with Crippen molar-refractivity contribution in [3.63, 3.8) is 0 Å². The third-order valence-electron chi connectivity index (χ3n) is 3.19. The Hall–Kier alpha value is -1.56. The van der Waals surface area contributed by atoms with Crippen LogP contribution in [0.1, 0.15) is 11.1 Å². The fourth-order valence-electron chi connectivity index (χ4n) is 2.15. The summed E-state index contributed by atoms with van der Waals surface area (Å²) < 4.78 is 6.63. The van der Waals surface area contributed by atoms with E-state index in [4.69, 9.17) is 27.9 Å². The van der Waals surface area contributed by atoms with E-state index in [1.807, 2.05) is 31.0 Å². The molecule has 2 rings (SSSR count). The molecule has 7 heteroatoms. The van der Waals surface area contributed by atoms with Gasteiger partial charge in [0.05, 0.1) is 25.0 Å². The molecule has 0 aliphatic rings. The lowest BCUT2D eigenvalue weighted by Crippen LogP contribution is -2.31. The molecule has 0 atom stereocenters. The van der Waals surface area contributed by atoms with Crippen molar-refractivity contribution >= 4 is 23.2 Å². The summed E-state index contributed by atoms with van der Waals surface area (Å²) in [6.07, 6.45) is 1.37. The number of hydrogen-bond donors (Lipinski definition) is 0. The standard InChI is InChI=1S/C15H17Cl2N3O2/c1-10-4-5-13(22-3)11(6-10)8-19(2)9-20-15(21)14(17)12(16)7-18-20/h4-7H,8-9H2,1-3H3. The zero-order valence-corrected chi connectivity index (χ0v) is 14.1. The highest BCUT2D eigenvalue weighted by Gasteiger charge is 2.11. The molecule has 0 saturated heterocycles. The fraction of sp³-hybridized carbons (Fsp3) is 0.333. The Kier molecular flexibility index (Phi) is 5.45. The van der Waals surface area contributed by atoms with Crippen LogP contribution < -0.4 is 10.3 Å². The summed E-state index contributed by atoms with van der Waals surface area (Å²) in [7, 11) is 3.53. The van der Waals surface area contributed by atoms with Gasteiger partial charge in [-0.1, -0.05) is 40.9 Å². The molecular formula is C15H17Cl2N3O2. The number of halogens is 2. The molecule has 1 aromatic heterocycles. The second kappa shape index (κ2) is 7.13. The van der Waals surface area contributed by atoms with Gasteiger partial charge in [0.2, 0.25) is 0 Å². The van der Waals surface area contributed by atoms with Crippen LogP contribution in [-0.2, 0) is 13.2 Å². The van der Waals surface area contributed by atoms with E-state index < -0.39 is 5.56 Å². The van der Waals surface area contributed by atoms with Gasteiger partial charge >= 0.3 is 0 Å². The van der Waals surface area contributed by atoms with E-state index in [1.165, 1.54) is 10.9 Å². The Balaban J connectivity index is 2.17. The number of aromatic nitrogens is 2. The quantitative estimate of drug-likeness (QED) is 0.838. The van der Waals surface area contributed by atoms with Gasteiger partial charge in [-0.15, -0.1) is 0 Å². The first kappa shape index (κ1) is 16.8. The number of nitrogens with zero attached hydrogens (tertiary/aromatic N) is 3. The van der Waals surface area contributed by atoms with Crippen molar-refractivity contribution in [1.82, 2.24) is 14.7 Å². The minimum absolute atomic E-state index is 0.0156. The average Bonchev–Trinajstić information content (AvgIpc) is 2.48. The van der Waals surface area contributed by atoms with Crippen molar-refractivity contribution in [2.45, 2.75) is 20.1 Å². The zero-order valence-electron chi connectivity index (χ0n) is 12.6. The largest absolute Gasteiger partial charge is 0.496 e. The third-order valence-corrected chi connectivity index (χ3v) is 3.94. The molecule has 0 unspecified atom stereocenters. The number of rotatable bonds is 5. The Morgan fingerprint density at radius 3 is 2.77 bits per heavy atom. The van der Waals surface area contributed by atoms with Crippen molar-refractivity contribution in [3.8, 4) is 5.75 Å². The van der Waals surface area contributed by atoms with E-state index >= 15 is 0 Å². The number of aryl methyl sites for hydroxylation is 1. The molecule has 0 N–H and O–H groups in total. The molecule has 0 spiro atoms. The van der Waals surface area contributed by atoms with Gasteiger partial charge < -0.3 is 4.74 Å². The van der Waals surface area contributed by atoms with Crippen LogP contribution in [0.5, 0.6) is 5.75 Å². The molecule has 0 amide bonds. The van der Waals surface area contributed by atoms with Crippen molar-refractivity contribution in [2.75, 3.05) is 14.2 Å². The van der Waals surface area contributed by atoms with Crippen molar-refractivity contribution in [1.29, 1.82) is 0 Å². The highest BCUT2D eigenvalue weighted by molar-refractivity contribution is 6.41. The molecule has 1 heterocycles. The number of methoxy groups -OCH3 is 1. The first-order valence-corrected chi connectivity index (χ1v) is 7.41. The molecule has 0 aliphatic carbocycles.